The zero-order chi connectivity index (χ0) is 18.2. The molecule has 7 nitrogen and oxygen atoms in total. The number of carbonyl (C=O) groups excluding carboxylic acids is 1. The topological polar surface area (TPSA) is 88.1 Å². The first kappa shape index (κ1) is 19.2. The third-order valence-corrected chi connectivity index (χ3v) is 4.36. The van der Waals surface area contributed by atoms with Crippen molar-refractivity contribution in [2.45, 2.75) is 31.8 Å². The van der Waals surface area contributed by atoms with Crippen molar-refractivity contribution in [3.8, 4) is 5.75 Å². The lowest BCUT2D eigenvalue weighted by Crippen LogP contribution is -2.54. The number of likely N-dealkylation sites (N-methyl/N-ethyl adjacent to an activating group) is 1. The first-order valence-corrected chi connectivity index (χ1v) is 8.52. The molecule has 0 heterocycles. The number of nitrogens with one attached hydrogen (secondary N) is 1. The Bertz CT molecular complexity index is 587. The molecular weight excluding hydrogens is 324 g/mol. The molecule has 0 atom stereocenters. The number of hydrogen-bond acceptors (Lipinski definition) is 5. The van der Waals surface area contributed by atoms with Crippen LogP contribution in [0.3, 0.4) is 0 Å². The number of aliphatic carboxylic acids is 1. The molecule has 1 aliphatic carbocycles. The van der Waals surface area contributed by atoms with E-state index in [-0.39, 0.29) is 24.5 Å². The Balaban J connectivity index is 1.81. The molecular formula is C18H26N2O5. The second kappa shape index (κ2) is 9.39. The summed E-state index contributed by atoms with van der Waals surface area (Å²) in [6, 6.07) is 7.35. The number of carboxylic acids is 1. The van der Waals surface area contributed by atoms with Crippen LogP contribution in [0.4, 0.5) is 0 Å². The lowest BCUT2D eigenvalue weighted by Gasteiger charge is -2.42. The van der Waals surface area contributed by atoms with E-state index >= 15 is 0 Å². The maximum Gasteiger partial charge on any atom is 0.317 e. The van der Waals surface area contributed by atoms with E-state index in [4.69, 9.17) is 14.6 Å². The van der Waals surface area contributed by atoms with Crippen molar-refractivity contribution in [1.82, 2.24) is 10.2 Å². The normalized spacial score (nSPS) is 19.3. The van der Waals surface area contributed by atoms with Crippen LogP contribution in [0.2, 0.25) is 0 Å². The van der Waals surface area contributed by atoms with Gasteiger partial charge in [0.15, 0.2) is 0 Å². The van der Waals surface area contributed by atoms with Gasteiger partial charge in [-0.3, -0.25) is 14.5 Å². The van der Waals surface area contributed by atoms with Gasteiger partial charge in [0.2, 0.25) is 0 Å². The SMILES string of the molecule is CCN(CC(=O)O)C1CC(NC(=O)c2cccc(OCCOC)c2)C1. The van der Waals surface area contributed by atoms with E-state index in [9.17, 15) is 9.59 Å². The number of methoxy groups -OCH3 is 1. The summed E-state index contributed by atoms with van der Waals surface area (Å²) in [6.07, 6.45) is 1.55. The van der Waals surface area contributed by atoms with Crippen LogP contribution >= 0.6 is 0 Å². The number of benzene rings is 1. The predicted molar refractivity (Wildman–Crippen MR) is 93.0 cm³/mol. The van der Waals surface area contributed by atoms with E-state index in [0.29, 0.717) is 31.1 Å². The molecule has 1 saturated carbocycles. The second-order valence-corrected chi connectivity index (χ2v) is 6.12. The number of carbonyl (C=O) groups is 2. The molecule has 0 radical (unpaired) electrons. The van der Waals surface area contributed by atoms with E-state index in [1.807, 2.05) is 11.8 Å². The van der Waals surface area contributed by atoms with Gasteiger partial charge in [-0.1, -0.05) is 13.0 Å². The maximum absolute atomic E-state index is 12.4. The van der Waals surface area contributed by atoms with Gasteiger partial charge in [-0.15, -0.1) is 0 Å². The number of hydrogen-bond donors (Lipinski definition) is 2. The van der Waals surface area contributed by atoms with Gasteiger partial charge < -0.3 is 19.9 Å². The lowest BCUT2D eigenvalue weighted by molar-refractivity contribution is -0.139. The van der Waals surface area contributed by atoms with Crippen molar-refractivity contribution in [3.63, 3.8) is 0 Å². The van der Waals surface area contributed by atoms with Crippen molar-refractivity contribution in [2.24, 2.45) is 0 Å². The minimum Gasteiger partial charge on any atom is -0.491 e. The summed E-state index contributed by atoms with van der Waals surface area (Å²) < 4.78 is 10.4. The average molecular weight is 350 g/mol. The Kier molecular flexibility index (Phi) is 7.21. The van der Waals surface area contributed by atoms with Crippen LogP contribution in [-0.4, -0.2) is 67.4 Å². The van der Waals surface area contributed by atoms with Gasteiger partial charge in [-0.05, 0) is 37.6 Å². The standard InChI is InChI=1S/C18H26N2O5/c1-3-20(12-17(21)22)15-10-14(11-15)19-18(23)13-5-4-6-16(9-13)25-8-7-24-2/h4-6,9,14-15H,3,7-8,10-12H2,1-2H3,(H,19,23)(H,21,22). The first-order valence-electron chi connectivity index (χ1n) is 8.52. The Morgan fingerprint density at radius 2 is 2.08 bits per heavy atom. The summed E-state index contributed by atoms with van der Waals surface area (Å²) in [6.45, 7) is 3.61. The largest absolute Gasteiger partial charge is 0.491 e. The van der Waals surface area contributed by atoms with Crippen LogP contribution in [0.1, 0.15) is 30.1 Å². The molecule has 0 bridgehead atoms. The highest BCUT2D eigenvalue weighted by molar-refractivity contribution is 5.94. The molecule has 138 valence electrons. The van der Waals surface area contributed by atoms with Crippen molar-refractivity contribution >= 4 is 11.9 Å². The van der Waals surface area contributed by atoms with Crippen molar-refractivity contribution in [1.29, 1.82) is 0 Å². The zero-order valence-corrected chi connectivity index (χ0v) is 14.7. The monoisotopic (exact) mass is 350 g/mol. The molecule has 0 spiro atoms. The maximum atomic E-state index is 12.4. The van der Waals surface area contributed by atoms with Crippen LogP contribution in [-0.2, 0) is 9.53 Å². The summed E-state index contributed by atoms with van der Waals surface area (Å²) in [5.74, 6) is -0.323. The molecule has 0 saturated heterocycles. The number of ether oxygens (including phenoxy) is 2. The molecule has 7 heteroatoms. The van der Waals surface area contributed by atoms with Crippen LogP contribution in [0.15, 0.2) is 24.3 Å². The van der Waals surface area contributed by atoms with Crippen molar-refractivity contribution in [3.05, 3.63) is 29.8 Å². The summed E-state index contributed by atoms with van der Waals surface area (Å²) in [7, 11) is 1.61. The van der Waals surface area contributed by atoms with Gasteiger partial charge in [-0.2, -0.15) is 0 Å². The molecule has 2 rings (SSSR count). The summed E-state index contributed by atoms with van der Waals surface area (Å²) in [4.78, 5) is 25.1. The highest BCUT2D eigenvalue weighted by Crippen LogP contribution is 2.26. The summed E-state index contributed by atoms with van der Waals surface area (Å²) in [5, 5.41) is 11.9. The van der Waals surface area contributed by atoms with Crippen LogP contribution in [0.5, 0.6) is 5.75 Å². The van der Waals surface area contributed by atoms with Gasteiger partial charge in [0.25, 0.3) is 5.91 Å². The van der Waals surface area contributed by atoms with E-state index in [2.05, 4.69) is 5.32 Å². The van der Waals surface area contributed by atoms with E-state index in [1.54, 1.807) is 31.4 Å². The zero-order valence-electron chi connectivity index (χ0n) is 14.7. The van der Waals surface area contributed by atoms with Crippen molar-refractivity contribution in [2.75, 3.05) is 33.4 Å². The minimum atomic E-state index is -0.820. The highest BCUT2D eigenvalue weighted by Gasteiger charge is 2.34. The fourth-order valence-electron chi connectivity index (χ4n) is 2.92. The number of rotatable bonds is 10. The first-order chi connectivity index (χ1) is 12.0. The number of amides is 1. The van der Waals surface area contributed by atoms with Crippen molar-refractivity contribution < 1.29 is 24.2 Å². The van der Waals surface area contributed by atoms with Gasteiger partial charge in [0.1, 0.15) is 12.4 Å². The third kappa shape index (κ3) is 5.72. The number of nitrogens with zero attached hydrogens (tertiary/aromatic N) is 1. The van der Waals surface area contributed by atoms with E-state index in [0.717, 1.165) is 12.8 Å². The molecule has 1 aliphatic rings. The van der Waals surface area contributed by atoms with Gasteiger partial charge in [-0.25, -0.2) is 0 Å². The molecule has 25 heavy (non-hydrogen) atoms. The second-order valence-electron chi connectivity index (χ2n) is 6.12. The lowest BCUT2D eigenvalue weighted by atomic mass is 9.85. The molecule has 1 amide bonds. The van der Waals surface area contributed by atoms with E-state index < -0.39 is 5.97 Å². The molecule has 0 aliphatic heterocycles. The predicted octanol–water partition coefficient (Wildman–Crippen LogP) is 1.38. The van der Waals surface area contributed by atoms with Crippen LogP contribution < -0.4 is 10.1 Å². The Morgan fingerprint density at radius 3 is 2.72 bits per heavy atom. The molecule has 1 aromatic rings. The molecule has 0 unspecified atom stereocenters. The third-order valence-electron chi connectivity index (χ3n) is 4.36. The van der Waals surface area contributed by atoms with Crippen LogP contribution in [0, 0.1) is 0 Å². The molecule has 2 N–H and O–H groups in total. The quantitative estimate of drug-likeness (QED) is 0.620. The minimum absolute atomic E-state index is 0.0443. The summed E-state index contributed by atoms with van der Waals surface area (Å²) >= 11 is 0. The fourth-order valence-corrected chi connectivity index (χ4v) is 2.92. The Hall–Kier alpha value is -2.12. The molecule has 1 fully saturated rings. The van der Waals surface area contributed by atoms with Gasteiger partial charge in [0.05, 0.1) is 13.2 Å². The summed E-state index contributed by atoms with van der Waals surface area (Å²) in [5.41, 5.74) is 0.552. The highest BCUT2D eigenvalue weighted by atomic mass is 16.5. The molecule has 1 aromatic carbocycles. The number of carboxylic acid groups (broad SMARTS) is 1. The van der Waals surface area contributed by atoms with E-state index in [1.165, 1.54) is 0 Å². The van der Waals surface area contributed by atoms with Gasteiger partial charge >= 0.3 is 5.97 Å². The molecule has 0 aromatic heterocycles. The van der Waals surface area contributed by atoms with Gasteiger partial charge in [0, 0.05) is 24.8 Å². The Labute approximate surface area is 147 Å². The fraction of sp³-hybridized carbons (Fsp3) is 0.556. The smallest absolute Gasteiger partial charge is 0.317 e. The Morgan fingerprint density at radius 1 is 1.32 bits per heavy atom. The average Bonchev–Trinajstić information content (AvgIpc) is 2.56. The van der Waals surface area contributed by atoms with Crippen LogP contribution in [0.25, 0.3) is 0 Å².